The Labute approximate surface area is 124 Å². The number of aromatic nitrogens is 1. The molecule has 0 aromatic carbocycles. The van der Waals surface area contributed by atoms with Crippen molar-refractivity contribution < 1.29 is 4.79 Å². The van der Waals surface area contributed by atoms with Crippen molar-refractivity contribution in [1.82, 2.24) is 15.2 Å². The van der Waals surface area contributed by atoms with Crippen LogP contribution in [0.4, 0.5) is 10.5 Å². The number of anilines is 1. The first-order valence-electron chi connectivity index (χ1n) is 6.30. The zero-order chi connectivity index (χ0) is 15.3. The number of aryl methyl sites for hydroxylation is 2. The third kappa shape index (κ3) is 4.34. The van der Waals surface area contributed by atoms with Crippen molar-refractivity contribution in [2.45, 2.75) is 13.8 Å². The van der Waals surface area contributed by atoms with E-state index in [1.807, 2.05) is 19.9 Å². The normalized spacial score (nSPS) is 10.0. The first kappa shape index (κ1) is 16.2. The van der Waals surface area contributed by atoms with Gasteiger partial charge in [-0.25, -0.2) is 4.79 Å². The summed E-state index contributed by atoms with van der Waals surface area (Å²) in [5, 5.41) is 6.00. The van der Waals surface area contributed by atoms with E-state index >= 15 is 0 Å². The van der Waals surface area contributed by atoms with Gasteiger partial charge in [0.15, 0.2) is 0 Å². The number of nitrogens with zero attached hydrogens (tertiary/aromatic N) is 2. The molecule has 0 radical (unpaired) electrons. The first-order valence-corrected chi connectivity index (χ1v) is 6.70. The van der Waals surface area contributed by atoms with Crippen molar-refractivity contribution in [2.24, 2.45) is 5.73 Å². The van der Waals surface area contributed by atoms with Crippen LogP contribution in [-0.4, -0.2) is 48.1 Å². The van der Waals surface area contributed by atoms with Crippen LogP contribution in [-0.2, 0) is 0 Å². The second-order valence-corrected chi connectivity index (χ2v) is 5.13. The molecule has 2 amide bonds. The number of nitrogens with one attached hydrogen (secondary N) is 2. The van der Waals surface area contributed by atoms with E-state index in [-0.39, 0.29) is 6.03 Å². The molecule has 4 N–H and O–H groups in total. The number of pyridine rings is 1. The lowest BCUT2D eigenvalue weighted by molar-refractivity contribution is 0.218. The Morgan fingerprint density at radius 1 is 1.40 bits per heavy atom. The summed E-state index contributed by atoms with van der Waals surface area (Å²) in [6.45, 7) is 4.88. The predicted molar refractivity (Wildman–Crippen MR) is 85.2 cm³/mol. The molecule has 0 aliphatic carbocycles. The van der Waals surface area contributed by atoms with Gasteiger partial charge in [-0.1, -0.05) is 12.2 Å². The zero-order valence-corrected chi connectivity index (χ0v) is 13.1. The molecule has 110 valence electrons. The molecule has 20 heavy (non-hydrogen) atoms. The number of urea groups is 1. The van der Waals surface area contributed by atoms with E-state index in [0.29, 0.717) is 18.1 Å². The van der Waals surface area contributed by atoms with Crippen molar-refractivity contribution >= 4 is 28.9 Å². The average molecular weight is 295 g/mol. The van der Waals surface area contributed by atoms with Crippen LogP contribution in [0, 0.1) is 13.8 Å². The fraction of sp³-hybridized carbons (Fsp3) is 0.462. The van der Waals surface area contributed by atoms with E-state index < -0.39 is 0 Å². The maximum atomic E-state index is 11.4. The van der Waals surface area contributed by atoms with Crippen LogP contribution in [0.1, 0.15) is 17.0 Å². The number of thiocarbonyl (C=S) groups is 1. The third-order valence-corrected chi connectivity index (χ3v) is 2.90. The lowest BCUT2D eigenvalue weighted by Crippen LogP contribution is -2.37. The topological polar surface area (TPSA) is 83.3 Å². The van der Waals surface area contributed by atoms with E-state index in [1.54, 1.807) is 14.1 Å². The highest BCUT2D eigenvalue weighted by Gasteiger charge is 2.10. The molecule has 0 spiro atoms. The summed E-state index contributed by atoms with van der Waals surface area (Å²) >= 11 is 5.06. The van der Waals surface area contributed by atoms with Crippen molar-refractivity contribution in [3.63, 3.8) is 0 Å². The van der Waals surface area contributed by atoms with Crippen LogP contribution in [0.5, 0.6) is 0 Å². The highest BCUT2D eigenvalue weighted by molar-refractivity contribution is 7.80. The van der Waals surface area contributed by atoms with Crippen LogP contribution >= 0.6 is 12.2 Å². The molecule has 1 heterocycles. The number of hydrogen-bond acceptors (Lipinski definition) is 4. The second kappa shape index (κ2) is 7.04. The Hall–Kier alpha value is -1.89. The van der Waals surface area contributed by atoms with E-state index in [2.05, 4.69) is 15.6 Å². The van der Waals surface area contributed by atoms with Gasteiger partial charge in [-0.15, -0.1) is 0 Å². The Morgan fingerprint density at radius 2 is 2.05 bits per heavy atom. The molecule has 1 aromatic heterocycles. The highest BCUT2D eigenvalue weighted by Crippen LogP contribution is 2.19. The Kier molecular flexibility index (Phi) is 5.69. The SMILES string of the molecule is Cc1cc(NCCNC(=O)N(C)C)c(C(N)=S)c(C)n1. The van der Waals surface area contributed by atoms with Crippen molar-refractivity contribution in [2.75, 3.05) is 32.5 Å². The molecule has 1 aromatic rings. The van der Waals surface area contributed by atoms with Gasteiger partial charge in [0.2, 0.25) is 0 Å². The van der Waals surface area contributed by atoms with Crippen LogP contribution in [0.3, 0.4) is 0 Å². The minimum atomic E-state index is -0.122. The van der Waals surface area contributed by atoms with Gasteiger partial charge in [-0.3, -0.25) is 4.98 Å². The lowest BCUT2D eigenvalue weighted by atomic mass is 10.1. The molecule has 0 aliphatic heterocycles. The fourth-order valence-corrected chi connectivity index (χ4v) is 2.06. The molecular formula is C13H21N5OS. The molecule has 6 nitrogen and oxygen atoms in total. The molecule has 0 atom stereocenters. The maximum absolute atomic E-state index is 11.4. The quantitative estimate of drug-likeness (QED) is 0.558. The van der Waals surface area contributed by atoms with E-state index in [1.165, 1.54) is 4.90 Å². The van der Waals surface area contributed by atoms with Crippen molar-refractivity contribution in [1.29, 1.82) is 0 Å². The summed E-state index contributed by atoms with van der Waals surface area (Å²) in [4.78, 5) is 17.5. The van der Waals surface area contributed by atoms with Gasteiger partial charge in [0, 0.05) is 44.3 Å². The van der Waals surface area contributed by atoms with Gasteiger partial charge in [-0.2, -0.15) is 0 Å². The fourth-order valence-electron chi connectivity index (χ4n) is 1.80. The van der Waals surface area contributed by atoms with Gasteiger partial charge < -0.3 is 21.3 Å². The van der Waals surface area contributed by atoms with E-state index in [9.17, 15) is 4.79 Å². The van der Waals surface area contributed by atoms with Crippen LogP contribution < -0.4 is 16.4 Å². The third-order valence-electron chi connectivity index (χ3n) is 2.70. The van der Waals surface area contributed by atoms with Crippen molar-refractivity contribution in [3.8, 4) is 0 Å². The second-order valence-electron chi connectivity index (χ2n) is 4.69. The summed E-state index contributed by atoms with van der Waals surface area (Å²) in [6, 6.07) is 1.78. The average Bonchev–Trinajstić information content (AvgIpc) is 2.32. The van der Waals surface area contributed by atoms with Crippen LogP contribution in [0.15, 0.2) is 6.07 Å². The number of rotatable bonds is 5. The number of hydrogen-bond donors (Lipinski definition) is 3. The Balaban J connectivity index is 2.68. The van der Waals surface area contributed by atoms with Gasteiger partial charge in [0.05, 0.1) is 5.56 Å². The molecule has 0 saturated carbocycles. The largest absolute Gasteiger partial charge is 0.389 e. The molecule has 0 aliphatic rings. The number of amides is 2. The Bertz CT molecular complexity index is 516. The summed E-state index contributed by atoms with van der Waals surface area (Å²) < 4.78 is 0. The molecule has 0 unspecified atom stereocenters. The Morgan fingerprint density at radius 3 is 2.60 bits per heavy atom. The molecule has 1 rings (SSSR count). The number of carbonyl (C=O) groups is 1. The molecule has 0 bridgehead atoms. The van der Waals surface area contributed by atoms with Crippen LogP contribution in [0.2, 0.25) is 0 Å². The van der Waals surface area contributed by atoms with Gasteiger partial charge >= 0.3 is 6.03 Å². The van der Waals surface area contributed by atoms with Gasteiger partial charge in [0.25, 0.3) is 0 Å². The number of carbonyl (C=O) groups excluding carboxylic acids is 1. The van der Waals surface area contributed by atoms with E-state index in [0.717, 1.165) is 22.6 Å². The maximum Gasteiger partial charge on any atom is 0.316 e. The summed E-state index contributed by atoms with van der Waals surface area (Å²) in [7, 11) is 3.40. The van der Waals surface area contributed by atoms with Crippen LogP contribution in [0.25, 0.3) is 0 Å². The first-order chi connectivity index (χ1) is 9.32. The van der Waals surface area contributed by atoms with Gasteiger partial charge in [-0.05, 0) is 19.9 Å². The number of nitrogens with two attached hydrogens (primary N) is 1. The minimum Gasteiger partial charge on any atom is -0.389 e. The summed E-state index contributed by atoms with van der Waals surface area (Å²) in [5.41, 5.74) is 9.03. The summed E-state index contributed by atoms with van der Waals surface area (Å²) in [6.07, 6.45) is 0. The summed E-state index contributed by atoms with van der Waals surface area (Å²) in [5.74, 6) is 0. The standard InChI is InChI=1S/C13H21N5OS/c1-8-7-10(11(12(14)20)9(2)17-8)15-5-6-16-13(19)18(3)4/h7H,5-6H2,1-4H3,(H2,14,20)(H,15,17)(H,16,19). The van der Waals surface area contributed by atoms with Crippen molar-refractivity contribution in [3.05, 3.63) is 23.0 Å². The molecule has 7 heteroatoms. The zero-order valence-electron chi connectivity index (χ0n) is 12.3. The monoisotopic (exact) mass is 295 g/mol. The molecule has 0 saturated heterocycles. The highest BCUT2D eigenvalue weighted by atomic mass is 32.1. The molecule has 0 fully saturated rings. The smallest absolute Gasteiger partial charge is 0.316 e. The van der Waals surface area contributed by atoms with Gasteiger partial charge in [0.1, 0.15) is 4.99 Å². The predicted octanol–water partition coefficient (Wildman–Crippen LogP) is 1.02. The lowest BCUT2D eigenvalue weighted by Gasteiger charge is -2.15. The molecular weight excluding hydrogens is 274 g/mol. The minimum absolute atomic E-state index is 0.122. The van der Waals surface area contributed by atoms with E-state index in [4.69, 9.17) is 18.0 Å².